The normalized spacial score (nSPS) is 11.6. The van der Waals surface area contributed by atoms with Crippen LogP contribution < -0.4 is 0 Å². The maximum atomic E-state index is 13.0. The van der Waals surface area contributed by atoms with E-state index in [4.69, 9.17) is 11.6 Å². The average molecular weight is 352 g/mol. The Labute approximate surface area is 137 Å². The van der Waals surface area contributed by atoms with E-state index in [1.54, 1.807) is 6.92 Å². The van der Waals surface area contributed by atoms with E-state index in [2.05, 4.69) is 10.3 Å². The summed E-state index contributed by atoms with van der Waals surface area (Å²) in [5.74, 6) is -0.388. The van der Waals surface area contributed by atoms with Gasteiger partial charge in [-0.1, -0.05) is 16.8 Å². The van der Waals surface area contributed by atoms with Gasteiger partial charge in [-0.2, -0.15) is 0 Å². The van der Waals surface area contributed by atoms with Crippen molar-refractivity contribution in [3.05, 3.63) is 65.1 Å². The van der Waals surface area contributed by atoms with Crippen LogP contribution in [0.25, 0.3) is 5.69 Å². The zero-order valence-electron chi connectivity index (χ0n) is 11.9. The van der Waals surface area contributed by atoms with E-state index in [1.807, 2.05) is 0 Å². The second-order valence-corrected chi connectivity index (χ2v) is 7.13. The fourth-order valence-corrected chi connectivity index (χ4v) is 3.58. The Kier molecular flexibility index (Phi) is 3.91. The predicted octanol–water partition coefficient (Wildman–Crippen LogP) is 3.20. The van der Waals surface area contributed by atoms with Gasteiger partial charge in [-0.3, -0.25) is 0 Å². The second-order valence-electron chi connectivity index (χ2n) is 4.83. The third kappa shape index (κ3) is 2.85. The van der Waals surface area contributed by atoms with Gasteiger partial charge in [0.15, 0.2) is 0 Å². The van der Waals surface area contributed by atoms with Crippen LogP contribution in [-0.2, 0) is 9.84 Å². The molecule has 8 heteroatoms. The summed E-state index contributed by atoms with van der Waals surface area (Å²) in [4.78, 5) is 0.0798. The minimum absolute atomic E-state index is 0.0798. The lowest BCUT2D eigenvalue weighted by Gasteiger charge is -2.05. The summed E-state index contributed by atoms with van der Waals surface area (Å²) in [5.41, 5.74) is 0.862. The van der Waals surface area contributed by atoms with Crippen LogP contribution in [-0.4, -0.2) is 23.4 Å². The summed E-state index contributed by atoms with van der Waals surface area (Å²) >= 11 is 5.78. The summed E-state index contributed by atoms with van der Waals surface area (Å²) in [5, 5.41) is 7.94. The lowest BCUT2D eigenvalue weighted by molar-refractivity contribution is 0.591. The number of hydrogen-bond donors (Lipinski definition) is 0. The molecule has 3 aromatic rings. The molecule has 3 rings (SSSR count). The molecule has 0 bridgehead atoms. The first-order valence-corrected chi connectivity index (χ1v) is 8.44. The third-order valence-corrected chi connectivity index (χ3v) is 5.33. The Morgan fingerprint density at radius 2 is 1.65 bits per heavy atom. The van der Waals surface area contributed by atoms with Crippen molar-refractivity contribution in [3.8, 4) is 5.69 Å². The number of benzene rings is 2. The molecule has 0 unspecified atom stereocenters. The highest BCUT2D eigenvalue weighted by molar-refractivity contribution is 7.91. The Bertz CT molecular complexity index is 951. The van der Waals surface area contributed by atoms with Gasteiger partial charge >= 0.3 is 0 Å². The molecular weight excluding hydrogens is 341 g/mol. The van der Waals surface area contributed by atoms with E-state index in [0.717, 1.165) is 0 Å². The standard InChI is InChI=1S/C15H11ClFN3O2S/c1-10-15(23(21,22)14-8-2-11(16)3-9-14)18-19-20(10)13-6-4-12(17)5-7-13/h2-9H,1H3. The monoisotopic (exact) mass is 351 g/mol. The SMILES string of the molecule is Cc1c(S(=O)(=O)c2ccc(Cl)cc2)nnn1-c1ccc(F)cc1. The van der Waals surface area contributed by atoms with Gasteiger partial charge in [-0.25, -0.2) is 17.5 Å². The van der Waals surface area contributed by atoms with Gasteiger partial charge in [0.05, 0.1) is 16.3 Å². The van der Waals surface area contributed by atoms with Crippen LogP contribution in [0.2, 0.25) is 5.02 Å². The van der Waals surface area contributed by atoms with Crippen LogP contribution in [0.5, 0.6) is 0 Å². The van der Waals surface area contributed by atoms with Crippen molar-refractivity contribution in [3.63, 3.8) is 0 Å². The number of aromatic nitrogens is 3. The maximum Gasteiger partial charge on any atom is 0.227 e. The number of nitrogens with zero attached hydrogens (tertiary/aromatic N) is 3. The average Bonchev–Trinajstić information content (AvgIpc) is 2.91. The molecule has 23 heavy (non-hydrogen) atoms. The Balaban J connectivity index is 2.08. The van der Waals surface area contributed by atoms with E-state index in [-0.39, 0.29) is 15.7 Å². The molecule has 1 heterocycles. The minimum atomic E-state index is -3.81. The smallest absolute Gasteiger partial charge is 0.217 e. The fourth-order valence-electron chi connectivity index (χ4n) is 2.12. The van der Waals surface area contributed by atoms with Crippen molar-refractivity contribution in [2.45, 2.75) is 16.8 Å². The molecule has 1 aromatic heterocycles. The summed E-state index contributed by atoms with van der Waals surface area (Å²) < 4.78 is 39.6. The summed E-state index contributed by atoms with van der Waals surface area (Å²) in [6.07, 6.45) is 0. The van der Waals surface area contributed by atoms with Gasteiger partial charge in [-0.05, 0) is 55.5 Å². The molecule has 118 valence electrons. The van der Waals surface area contributed by atoms with E-state index in [1.165, 1.54) is 53.2 Å². The van der Waals surface area contributed by atoms with Gasteiger partial charge < -0.3 is 0 Å². The number of sulfone groups is 1. The molecule has 0 fully saturated rings. The first kappa shape index (κ1) is 15.6. The van der Waals surface area contributed by atoms with Crippen molar-refractivity contribution in [2.75, 3.05) is 0 Å². The first-order valence-electron chi connectivity index (χ1n) is 6.58. The van der Waals surface area contributed by atoms with Crippen molar-refractivity contribution in [2.24, 2.45) is 0 Å². The Hall–Kier alpha value is -2.25. The van der Waals surface area contributed by atoms with Gasteiger partial charge in [0.25, 0.3) is 0 Å². The quantitative estimate of drug-likeness (QED) is 0.726. The van der Waals surface area contributed by atoms with Crippen molar-refractivity contribution >= 4 is 21.4 Å². The topological polar surface area (TPSA) is 64.8 Å². The van der Waals surface area contributed by atoms with Crippen LogP contribution in [0, 0.1) is 12.7 Å². The predicted molar refractivity (Wildman–Crippen MR) is 83.0 cm³/mol. The molecule has 0 aliphatic rings. The summed E-state index contributed by atoms with van der Waals surface area (Å²) in [6, 6.07) is 11.3. The maximum absolute atomic E-state index is 13.0. The summed E-state index contributed by atoms with van der Waals surface area (Å²) in [6.45, 7) is 1.59. The van der Waals surface area contributed by atoms with Gasteiger partial charge in [0.1, 0.15) is 5.82 Å². The highest BCUT2D eigenvalue weighted by Gasteiger charge is 2.25. The van der Waals surface area contributed by atoms with Crippen molar-refractivity contribution in [1.29, 1.82) is 0 Å². The van der Waals surface area contributed by atoms with Crippen LogP contribution in [0.4, 0.5) is 4.39 Å². The number of rotatable bonds is 3. The van der Waals surface area contributed by atoms with E-state index >= 15 is 0 Å². The molecule has 5 nitrogen and oxygen atoms in total. The molecule has 0 N–H and O–H groups in total. The molecular formula is C15H11ClFN3O2S. The summed E-state index contributed by atoms with van der Waals surface area (Å²) in [7, 11) is -3.81. The van der Waals surface area contributed by atoms with Gasteiger partial charge in [-0.15, -0.1) is 5.10 Å². The number of halogens is 2. The molecule has 0 radical (unpaired) electrons. The third-order valence-electron chi connectivity index (χ3n) is 3.30. The fraction of sp³-hybridized carbons (Fsp3) is 0.0667. The molecule has 0 saturated carbocycles. The van der Waals surface area contributed by atoms with Crippen molar-refractivity contribution < 1.29 is 12.8 Å². The highest BCUT2D eigenvalue weighted by Crippen LogP contribution is 2.24. The second kappa shape index (κ2) is 5.75. The molecule has 0 amide bonds. The van der Waals surface area contributed by atoms with E-state index < -0.39 is 9.84 Å². The number of hydrogen-bond acceptors (Lipinski definition) is 4. The van der Waals surface area contributed by atoms with Gasteiger partial charge in [0.2, 0.25) is 14.9 Å². The largest absolute Gasteiger partial charge is 0.227 e. The highest BCUT2D eigenvalue weighted by atomic mass is 35.5. The molecule has 0 saturated heterocycles. The molecule has 0 aliphatic carbocycles. The van der Waals surface area contributed by atoms with Crippen LogP contribution in [0.1, 0.15) is 5.69 Å². The Morgan fingerprint density at radius 1 is 1.04 bits per heavy atom. The van der Waals surface area contributed by atoms with E-state index in [0.29, 0.717) is 16.4 Å². The molecule has 0 spiro atoms. The Morgan fingerprint density at radius 3 is 2.26 bits per heavy atom. The minimum Gasteiger partial charge on any atom is -0.217 e. The lowest BCUT2D eigenvalue weighted by Crippen LogP contribution is -2.05. The zero-order valence-corrected chi connectivity index (χ0v) is 13.5. The molecule has 0 aliphatic heterocycles. The zero-order chi connectivity index (χ0) is 16.6. The lowest BCUT2D eigenvalue weighted by atomic mass is 10.3. The molecule has 0 atom stereocenters. The first-order chi connectivity index (χ1) is 10.9. The van der Waals surface area contributed by atoms with Gasteiger partial charge in [0, 0.05) is 5.02 Å². The van der Waals surface area contributed by atoms with Crippen LogP contribution in [0.3, 0.4) is 0 Å². The van der Waals surface area contributed by atoms with E-state index in [9.17, 15) is 12.8 Å². The van der Waals surface area contributed by atoms with Crippen LogP contribution in [0.15, 0.2) is 58.5 Å². The van der Waals surface area contributed by atoms with Crippen molar-refractivity contribution in [1.82, 2.24) is 15.0 Å². The van der Waals surface area contributed by atoms with Crippen LogP contribution >= 0.6 is 11.6 Å². The molecule has 2 aromatic carbocycles.